The molecule has 1 aromatic heterocycles. The minimum atomic E-state index is -0.264. The van der Waals surface area contributed by atoms with Crippen LogP contribution in [0.1, 0.15) is 39.1 Å². The minimum absolute atomic E-state index is 0.185. The number of amides is 2. The highest BCUT2D eigenvalue weighted by Gasteiger charge is 2.24. The maximum Gasteiger partial charge on any atom is 0.253 e. The van der Waals surface area contributed by atoms with Gasteiger partial charge in [-0.15, -0.1) is 0 Å². The summed E-state index contributed by atoms with van der Waals surface area (Å²) in [5, 5.41) is 5.70. The molecule has 6 heteroatoms. The largest absolute Gasteiger partial charge is 0.497 e. The van der Waals surface area contributed by atoms with E-state index in [1.165, 1.54) is 12.4 Å². The van der Waals surface area contributed by atoms with Crippen molar-refractivity contribution in [2.75, 3.05) is 7.11 Å². The van der Waals surface area contributed by atoms with E-state index in [-0.39, 0.29) is 17.9 Å². The SMILES string of the molecule is COc1ccc(CNC(=O)c2cncc(C(=O)NC3CC3)c2)cc1. The Bertz CT molecular complexity index is 739. The Labute approximate surface area is 140 Å². The molecule has 3 rings (SSSR count). The third kappa shape index (κ3) is 4.10. The summed E-state index contributed by atoms with van der Waals surface area (Å²) in [5.74, 6) is 0.317. The maximum absolute atomic E-state index is 12.2. The van der Waals surface area contributed by atoms with Crippen molar-refractivity contribution in [2.45, 2.75) is 25.4 Å². The van der Waals surface area contributed by atoms with E-state index in [1.807, 2.05) is 24.3 Å². The molecular weight excluding hydrogens is 306 g/mol. The van der Waals surface area contributed by atoms with Gasteiger partial charge in [-0.05, 0) is 36.6 Å². The summed E-state index contributed by atoms with van der Waals surface area (Å²) in [6, 6.07) is 9.28. The molecule has 2 N–H and O–H groups in total. The molecular formula is C18H19N3O3. The molecule has 1 aliphatic rings. The lowest BCUT2D eigenvalue weighted by atomic mass is 10.1. The Hall–Kier alpha value is -2.89. The van der Waals surface area contributed by atoms with E-state index >= 15 is 0 Å². The summed E-state index contributed by atoms with van der Waals surface area (Å²) in [5.41, 5.74) is 1.73. The van der Waals surface area contributed by atoms with Crippen LogP contribution in [-0.2, 0) is 6.54 Å². The molecule has 0 aliphatic heterocycles. The minimum Gasteiger partial charge on any atom is -0.497 e. The molecule has 0 bridgehead atoms. The Kier molecular flexibility index (Phi) is 4.74. The first-order valence-corrected chi connectivity index (χ1v) is 7.83. The van der Waals surface area contributed by atoms with Gasteiger partial charge in [0.15, 0.2) is 0 Å². The van der Waals surface area contributed by atoms with Crippen molar-refractivity contribution in [1.29, 1.82) is 0 Å². The normalized spacial score (nSPS) is 13.2. The zero-order valence-electron chi connectivity index (χ0n) is 13.4. The second kappa shape index (κ2) is 7.12. The maximum atomic E-state index is 12.2. The van der Waals surface area contributed by atoms with Gasteiger partial charge in [-0.3, -0.25) is 14.6 Å². The molecule has 0 saturated heterocycles. The third-order valence-corrected chi connectivity index (χ3v) is 3.79. The van der Waals surface area contributed by atoms with Gasteiger partial charge in [-0.1, -0.05) is 12.1 Å². The monoisotopic (exact) mass is 325 g/mol. The summed E-state index contributed by atoms with van der Waals surface area (Å²) >= 11 is 0. The molecule has 1 aromatic carbocycles. The van der Waals surface area contributed by atoms with Crippen molar-refractivity contribution in [3.8, 4) is 5.75 Å². The van der Waals surface area contributed by atoms with E-state index in [0.717, 1.165) is 24.2 Å². The van der Waals surface area contributed by atoms with Gasteiger partial charge in [0.1, 0.15) is 5.75 Å². The van der Waals surface area contributed by atoms with Gasteiger partial charge in [0.2, 0.25) is 0 Å². The van der Waals surface area contributed by atoms with Crippen LogP contribution in [0, 0.1) is 0 Å². The second-order valence-corrected chi connectivity index (χ2v) is 5.74. The summed E-state index contributed by atoms with van der Waals surface area (Å²) < 4.78 is 5.10. The fourth-order valence-electron chi connectivity index (χ4n) is 2.21. The number of carbonyl (C=O) groups is 2. The third-order valence-electron chi connectivity index (χ3n) is 3.79. The Morgan fingerprint density at radius 1 is 1.12 bits per heavy atom. The molecule has 1 heterocycles. The van der Waals surface area contributed by atoms with Crippen molar-refractivity contribution in [3.63, 3.8) is 0 Å². The lowest BCUT2D eigenvalue weighted by Crippen LogP contribution is -2.27. The van der Waals surface area contributed by atoms with Gasteiger partial charge in [0.05, 0.1) is 18.2 Å². The highest BCUT2D eigenvalue weighted by molar-refractivity contribution is 5.99. The number of nitrogens with one attached hydrogen (secondary N) is 2. The van der Waals surface area contributed by atoms with Crippen molar-refractivity contribution >= 4 is 11.8 Å². The fourth-order valence-corrected chi connectivity index (χ4v) is 2.21. The quantitative estimate of drug-likeness (QED) is 0.850. The van der Waals surface area contributed by atoms with Crippen LogP contribution in [0.25, 0.3) is 0 Å². The number of ether oxygens (including phenoxy) is 1. The number of nitrogens with zero attached hydrogens (tertiary/aromatic N) is 1. The van der Waals surface area contributed by atoms with E-state index in [2.05, 4.69) is 15.6 Å². The molecule has 24 heavy (non-hydrogen) atoms. The van der Waals surface area contributed by atoms with E-state index in [9.17, 15) is 9.59 Å². The van der Waals surface area contributed by atoms with Crippen LogP contribution in [0.3, 0.4) is 0 Å². The number of pyridine rings is 1. The van der Waals surface area contributed by atoms with E-state index in [1.54, 1.807) is 13.2 Å². The van der Waals surface area contributed by atoms with Gasteiger partial charge >= 0.3 is 0 Å². The summed E-state index contributed by atoms with van der Waals surface area (Å²) in [4.78, 5) is 28.3. The molecule has 1 fully saturated rings. The van der Waals surface area contributed by atoms with Crippen LogP contribution in [0.4, 0.5) is 0 Å². The van der Waals surface area contributed by atoms with Crippen LogP contribution in [0.2, 0.25) is 0 Å². The molecule has 1 aliphatic carbocycles. The van der Waals surface area contributed by atoms with Gasteiger partial charge in [0, 0.05) is 25.0 Å². The first-order valence-electron chi connectivity index (χ1n) is 7.83. The van der Waals surface area contributed by atoms with Crippen molar-refractivity contribution in [2.24, 2.45) is 0 Å². The molecule has 2 aromatic rings. The Morgan fingerprint density at radius 3 is 2.42 bits per heavy atom. The zero-order valence-corrected chi connectivity index (χ0v) is 13.4. The van der Waals surface area contributed by atoms with Gasteiger partial charge < -0.3 is 15.4 Å². The van der Waals surface area contributed by atoms with Crippen molar-refractivity contribution in [3.05, 3.63) is 59.4 Å². The Morgan fingerprint density at radius 2 is 1.79 bits per heavy atom. The average molecular weight is 325 g/mol. The molecule has 6 nitrogen and oxygen atoms in total. The van der Waals surface area contributed by atoms with Gasteiger partial charge in [-0.2, -0.15) is 0 Å². The number of methoxy groups -OCH3 is 1. The molecule has 0 atom stereocenters. The van der Waals surface area contributed by atoms with Crippen LogP contribution >= 0.6 is 0 Å². The predicted molar refractivity (Wildman–Crippen MR) is 88.9 cm³/mol. The zero-order chi connectivity index (χ0) is 16.9. The number of hydrogen-bond donors (Lipinski definition) is 2. The highest BCUT2D eigenvalue weighted by Crippen LogP contribution is 2.19. The first-order chi connectivity index (χ1) is 11.7. The Balaban J connectivity index is 1.60. The first kappa shape index (κ1) is 16.0. The van der Waals surface area contributed by atoms with Crippen LogP contribution in [-0.4, -0.2) is 29.9 Å². The number of carbonyl (C=O) groups excluding carboxylic acids is 2. The molecule has 2 amide bonds. The highest BCUT2D eigenvalue weighted by atomic mass is 16.5. The lowest BCUT2D eigenvalue weighted by Gasteiger charge is -2.08. The van der Waals surface area contributed by atoms with Gasteiger partial charge in [-0.25, -0.2) is 0 Å². The topological polar surface area (TPSA) is 80.3 Å². The number of benzene rings is 1. The molecule has 124 valence electrons. The molecule has 0 radical (unpaired) electrons. The second-order valence-electron chi connectivity index (χ2n) is 5.74. The molecule has 1 saturated carbocycles. The number of rotatable bonds is 6. The van der Waals surface area contributed by atoms with E-state index in [4.69, 9.17) is 4.74 Å². The summed E-state index contributed by atoms with van der Waals surface area (Å²) in [6.07, 6.45) is 4.96. The lowest BCUT2D eigenvalue weighted by molar-refractivity contribution is 0.0950. The number of aromatic nitrogens is 1. The van der Waals surface area contributed by atoms with Crippen molar-refractivity contribution in [1.82, 2.24) is 15.6 Å². The van der Waals surface area contributed by atoms with E-state index in [0.29, 0.717) is 17.7 Å². The standard InChI is InChI=1S/C18H19N3O3/c1-24-16-6-2-12(3-7-16)9-20-17(22)13-8-14(11-19-10-13)18(23)21-15-4-5-15/h2-3,6-8,10-11,15H,4-5,9H2,1H3,(H,20,22)(H,21,23). The summed E-state index contributed by atoms with van der Waals surface area (Å²) in [6.45, 7) is 0.390. The van der Waals surface area contributed by atoms with Crippen molar-refractivity contribution < 1.29 is 14.3 Å². The molecule has 0 spiro atoms. The van der Waals surface area contributed by atoms with Crippen LogP contribution < -0.4 is 15.4 Å². The number of hydrogen-bond acceptors (Lipinski definition) is 4. The summed E-state index contributed by atoms with van der Waals surface area (Å²) in [7, 11) is 1.61. The molecule has 0 unspecified atom stereocenters. The smallest absolute Gasteiger partial charge is 0.253 e. The van der Waals surface area contributed by atoms with E-state index < -0.39 is 0 Å². The average Bonchev–Trinajstić information content (AvgIpc) is 3.44. The predicted octanol–water partition coefficient (Wildman–Crippen LogP) is 1.91. The van der Waals surface area contributed by atoms with Crippen LogP contribution in [0.15, 0.2) is 42.7 Å². The van der Waals surface area contributed by atoms with Crippen LogP contribution in [0.5, 0.6) is 5.75 Å². The fraction of sp³-hybridized carbons (Fsp3) is 0.278. The van der Waals surface area contributed by atoms with Gasteiger partial charge in [0.25, 0.3) is 11.8 Å².